The summed E-state index contributed by atoms with van der Waals surface area (Å²) in [6.45, 7) is 2.08. The molecule has 86 valence electrons. The molecule has 0 aromatic heterocycles. The van der Waals surface area contributed by atoms with Crippen LogP contribution in [0.15, 0.2) is 28.7 Å². The number of rotatable bonds is 4. The van der Waals surface area contributed by atoms with Crippen LogP contribution in [0.3, 0.4) is 0 Å². The minimum atomic E-state index is 0.0226. The van der Waals surface area contributed by atoms with Crippen LogP contribution in [0.5, 0.6) is 0 Å². The van der Waals surface area contributed by atoms with Gasteiger partial charge < -0.3 is 5.32 Å². The first kappa shape index (κ1) is 11.6. The third-order valence-corrected chi connectivity index (χ3v) is 3.34. The second kappa shape index (κ2) is 5.00. The van der Waals surface area contributed by atoms with E-state index in [-0.39, 0.29) is 11.9 Å². The van der Waals surface area contributed by atoms with Gasteiger partial charge in [0.05, 0.1) is 0 Å². The van der Waals surface area contributed by atoms with E-state index in [0.717, 1.165) is 22.4 Å². The Kier molecular flexibility index (Phi) is 3.64. The third kappa shape index (κ3) is 3.34. The lowest BCUT2D eigenvalue weighted by atomic mass is 10.1. The van der Waals surface area contributed by atoms with Gasteiger partial charge in [-0.05, 0) is 37.5 Å². The molecule has 1 aliphatic carbocycles. The minimum absolute atomic E-state index is 0.0226. The molecule has 0 spiro atoms. The summed E-state index contributed by atoms with van der Waals surface area (Å²) in [6.07, 6.45) is 3.77. The van der Waals surface area contributed by atoms with Crippen LogP contribution in [-0.4, -0.2) is 11.9 Å². The Morgan fingerprint density at radius 3 is 2.94 bits per heavy atom. The minimum Gasteiger partial charge on any atom is -0.350 e. The molecule has 1 unspecified atom stereocenters. The maximum Gasteiger partial charge on any atom is 0.251 e. The fourth-order valence-corrected chi connectivity index (χ4v) is 2.25. The van der Waals surface area contributed by atoms with Crippen LogP contribution in [0.25, 0.3) is 0 Å². The van der Waals surface area contributed by atoms with Crippen LogP contribution in [0, 0.1) is 5.92 Å². The molecule has 0 heterocycles. The summed E-state index contributed by atoms with van der Waals surface area (Å²) in [4.78, 5) is 11.9. The zero-order valence-electron chi connectivity index (χ0n) is 9.37. The molecule has 0 saturated heterocycles. The van der Waals surface area contributed by atoms with Crippen LogP contribution in [-0.2, 0) is 0 Å². The van der Waals surface area contributed by atoms with Gasteiger partial charge in [0, 0.05) is 16.1 Å². The van der Waals surface area contributed by atoms with Crippen LogP contribution in [0.4, 0.5) is 0 Å². The fraction of sp³-hybridized carbons (Fsp3) is 0.462. The Hall–Kier alpha value is -0.830. The molecule has 1 saturated carbocycles. The number of carbonyl (C=O) groups is 1. The van der Waals surface area contributed by atoms with Crippen molar-refractivity contribution in [3.05, 3.63) is 34.3 Å². The number of nitrogens with one attached hydrogen (secondary N) is 1. The van der Waals surface area contributed by atoms with Gasteiger partial charge in [0.1, 0.15) is 0 Å². The first-order valence-electron chi connectivity index (χ1n) is 5.71. The third-order valence-electron chi connectivity index (χ3n) is 2.85. The van der Waals surface area contributed by atoms with E-state index in [1.807, 2.05) is 24.3 Å². The van der Waals surface area contributed by atoms with E-state index in [2.05, 4.69) is 28.2 Å². The number of hydrogen-bond acceptors (Lipinski definition) is 1. The Bertz CT molecular complexity index is 387. The van der Waals surface area contributed by atoms with Gasteiger partial charge in [-0.25, -0.2) is 0 Å². The highest BCUT2D eigenvalue weighted by atomic mass is 79.9. The van der Waals surface area contributed by atoms with Crippen molar-refractivity contribution in [2.45, 2.75) is 32.2 Å². The second-order valence-electron chi connectivity index (χ2n) is 4.56. The maximum atomic E-state index is 11.9. The number of carbonyl (C=O) groups excluding carboxylic acids is 1. The maximum absolute atomic E-state index is 11.9. The van der Waals surface area contributed by atoms with Crippen LogP contribution in [0.2, 0.25) is 0 Å². The van der Waals surface area contributed by atoms with E-state index in [1.54, 1.807) is 0 Å². The zero-order valence-corrected chi connectivity index (χ0v) is 11.0. The van der Waals surface area contributed by atoms with Crippen molar-refractivity contribution < 1.29 is 4.79 Å². The molecule has 1 fully saturated rings. The largest absolute Gasteiger partial charge is 0.350 e. The van der Waals surface area contributed by atoms with Crippen molar-refractivity contribution in [3.8, 4) is 0 Å². The van der Waals surface area contributed by atoms with Gasteiger partial charge in [-0.2, -0.15) is 0 Å². The lowest BCUT2D eigenvalue weighted by Crippen LogP contribution is -2.32. The average molecular weight is 282 g/mol. The van der Waals surface area contributed by atoms with Crippen LogP contribution in [0.1, 0.15) is 36.5 Å². The lowest BCUT2D eigenvalue weighted by molar-refractivity contribution is 0.0937. The smallest absolute Gasteiger partial charge is 0.251 e. The number of amides is 1. The molecule has 1 N–H and O–H groups in total. The van der Waals surface area contributed by atoms with Gasteiger partial charge in [-0.1, -0.05) is 34.8 Å². The van der Waals surface area contributed by atoms with Crippen molar-refractivity contribution in [2.75, 3.05) is 0 Å². The van der Waals surface area contributed by atoms with Crippen molar-refractivity contribution in [1.82, 2.24) is 5.32 Å². The molecule has 1 atom stereocenters. The molecule has 1 aliphatic rings. The Balaban J connectivity index is 1.91. The molecule has 0 radical (unpaired) electrons. The topological polar surface area (TPSA) is 29.1 Å². The highest BCUT2D eigenvalue weighted by Crippen LogP contribution is 2.33. The van der Waals surface area contributed by atoms with E-state index in [0.29, 0.717) is 0 Å². The Morgan fingerprint density at radius 1 is 1.56 bits per heavy atom. The van der Waals surface area contributed by atoms with Crippen molar-refractivity contribution in [1.29, 1.82) is 0 Å². The molecule has 16 heavy (non-hydrogen) atoms. The van der Waals surface area contributed by atoms with Gasteiger partial charge in [-0.3, -0.25) is 4.79 Å². The summed E-state index contributed by atoms with van der Waals surface area (Å²) in [6, 6.07) is 7.76. The fourth-order valence-electron chi connectivity index (χ4n) is 1.85. The molecule has 1 aromatic carbocycles. The standard InChI is InChI=1S/C13H16BrNO/c1-9(7-10-5-6-10)15-13(16)11-3-2-4-12(14)8-11/h2-4,8-10H,5-7H2,1H3,(H,15,16). The van der Waals surface area contributed by atoms with Gasteiger partial charge in [-0.15, -0.1) is 0 Å². The normalized spacial score (nSPS) is 16.9. The summed E-state index contributed by atoms with van der Waals surface area (Å²) in [5.74, 6) is 0.868. The van der Waals surface area contributed by atoms with Crippen LogP contribution >= 0.6 is 15.9 Å². The van der Waals surface area contributed by atoms with E-state index in [9.17, 15) is 4.79 Å². The molecule has 3 heteroatoms. The first-order valence-corrected chi connectivity index (χ1v) is 6.51. The zero-order chi connectivity index (χ0) is 11.5. The summed E-state index contributed by atoms with van der Waals surface area (Å²) >= 11 is 3.37. The molecule has 0 bridgehead atoms. The number of halogens is 1. The van der Waals surface area contributed by atoms with Gasteiger partial charge >= 0.3 is 0 Å². The highest BCUT2D eigenvalue weighted by molar-refractivity contribution is 9.10. The summed E-state index contributed by atoms with van der Waals surface area (Å²) in [7, 11) is 0. The average Bonchev–Trinajstić information content (AvgIpc) is 3.01. The van der Waals surface area contributed by atoms with Gasteiger partial charge in [0.25, 0.3) is 5.91 Å². The monoisotopic (exact) mass is 281 g/mol. The summed E-state index contributed by atoms with van der Waals surface area (Å²) < 4.78 is 0.940. The van der Waals surface area contributed by atoms with Gasteiger partial charge in [0.2, 0.25) is 0 Å². The number of benzene rings is 1. The number of hydrogen-bond donors (Lipinski definition) is 1. The predicted molar refractivity (Wildman–Crippen MR) is 68.4 cm³/mol. The van der Waals surface area contributed by atoms with E-state index >= 15 is 0 Å². The SMILES string of the molecule is CC(CC1CC1)NC(=O)c1cccc(Br)c1. The van der Waals surface area contributed by atoms with Crippen molar-refractivity contribution >= 4 is 21.8 Å². The molecule has 1 amide bonds. The first-order chi connectivity index (χ1) is 7.65. The highest BCUT2D eigenvalue weighted by Gasteiger charge is 2.24. The quantitative estimate of drug-likeness (QED) is 0.901. The molecule has 1 aromatic rings. The summed E-state index contributed by atoms with van der Waals surface area (Å²) in [5, 5.41) is 3.03. The molecule has 0 aliphatic heterocycles. The van der Waals surface area contributed by atoms with Crippen molar-refractivity contribution in [3.63, 3.8) is 0 Å². The van der Waals surface area contributed by atoms with E-state index in [4.69, 9.17) is 0 Å². The van der Waals surface area contributed by atoms with Crippen molar-refractivity contribution in [2.24, 2.45) is 5.92 Å². The Labute approximate surface area is 105 Å². The molecule has 2 nitrogen and oxygen atoms in total. The predicted octanol–water partition coefficient (Wildman–Crippen LogP) is 3.37. The van der Waals surface area contributed by atoms with E-state index < -0.39 is 0 Å². The van der Waals surface area contributed by atoms with E-state index in [1.165, 1.54) is 12.8 Å². The summed E-state index contributed by atoms with van der Waals surface area (Å²) in [5.41, 5.74) is 0.719. The lowest BCUT2D eigenvalue weighted by Gasteiger charge is -2.13. The molecule has 2 rings (SSSR count). The van der Waals surface area contributed by atoms with Gasteiger partial charge in [0.15, 0.2) is 0 Å². The second-order valence-corrected chi connectivity index (χ2v) is 5.48. The molecular weight excluding hydrogens is 266 g/mol. The molecular formula is C13H16BrNO. The van der Waals surface area contributed by atoms with Crippen LogP contribution < -0.4 is 5.32 Å². The Morgan fingerprint density at radius 2 is 2.31 bits per heavy atom.